The molecular formula is C36H56O10. The van der Waals surface area contributed by atoms with E-state index in [0.29, 0.717) is 19.3 Å². The minimum Gasteiger partial charge on any atom is -0.481 e. The Hall–Kier alpha value is -1.37. The summed E-state index contributed by atoms with van der Waals surface area (Å²) >= 11 is 0. The third-order valence-electron chi connectivity index (χ3n) is 14.6. The molecule has 1 heterocycles. The van der Waals surface area contributed by atoms with Gasteiger partial charge in [-0.05, 0) is 96.0 Å². The zero-order valence-electron chi connectivity index (χ0n) is 28.3. The van der Waals surface area contributed by atoms with Crippen LogP contribution in [0, 0.1) is 44.3 Å². The summed E-state index contributed by atoms with van der Waals surface area (Å²) in [5.41, 5.74) is -0.356. The first-order chi connectivity index (χ1) is 21.3. The fourth-order valence-corrected chi connectivity index (χ4v) is 11.7. The highest BCUT2D eigenvalue weighted by atomic mass is 16.7. The fourth-order valence-electron chi connectivity index (χ4n) is 11.7. The Balaban J connectivity index is 1.38. The molecule has 0 spiro atoms. The zero-order chi connectivity index (χ0) is 33.8. The first-order valence-electron chi connectivity index (χ1n) is 17.3. The third kappa shape index (κ3) is 4.54. The van der Waals surface area contributed by atoms with Gasteiger partial charge in [0.2, 0.25) is 0 Å². The van der Waals surface area contributed by atoms with Gasteiger partial charge in [0, 0.05) is 5.41 Å². The van der Waals surface area contributed by atoms with Crippen LogP contribution in [-0.2, 0) is 14.3 Å². The van der Waals surface area contributed by atoms with Crippen LogP contribution >= 0.6 is 0 Å². The van der Waals surface area contributed by atoms with E-state index in [1.165, 1.54) is 5.57 Å². The maximum absolute atomic E-state index is 12.9. The number of aliphatic hydroxyl groups excluding tert-OH is 6. The Morgan fingerprint density at radius 2 is 1.61 bits per heavy atom. The fraction of sp³-hybridized carbons (Fsp3) is 0.861. The largest absolute Gasteiger partial charge is 0.481 e. The Morgan fingerprint density at radius 3 is 2.24 bits per heavy atom. The zero-order valence-corrected chi connectivity index (χ0v) is 28.3. The number of carboxylic acids is 1. The van der Waals surface area contributed by atoms with Crippen LogP contribution in [0.15, 0.2) is 23.3 Å². The lowest BCUT2D eigenvalue weighted by Gasteiger charge is -2.70. The summed E-state index contributed by atoms with van der Waals surface area (Å²) in [7, 11) is 0. The van der Waals surface area contributed by atoms with E-state index in [1.54, 1.807) is 0 Å². The van der Waals surface area contributed by atoms with Gasteiger partial charge >= 0.3 is 5.97 Å². The SMILES string of the molecule is CC1(C)CC[C@]2(C(=O)O)CC[C@]3(C)C(=C2C1)C=C[C@@H]1[C@@]2(C)CC(O)C(O[C@@H]4O[C@H](CO)[C@@H](O)[C@H](O)[C@H]4O)[C@@](C)(CO)[C@@H]2CC[C@]13C. The van der Waals surface area contributed by atoms with Crippen LogP contribution in [0.25, 0.3) is 0 Å². The number of rotatable bonds is 5. The van der Waals surface area contributed by atoms with Crippen LogP contribution < -0.4 is 0 Å². The van der Waals surface area contributed by atoms with Crippen molar-refractivity contribution in [2.45, 2.75) is 136 Å². The number of hydrogen-bond acceptors (Lipinski definition) is 9. The molecule has 1 saturated heterocycles. The van der Waals surface area contributed by atoms with E-state index in [4.69, 9.17) is 9.47 Å². The Bertz CT molecular complexity index is 1290. The van der Waals surface area contributed by atoms with Crippen LogP contribution in [0.4, 0.5) is 0 Å². The number of carboxylic acid groups (broad SMARTS) is 1. The summed E-state index contributed by atoms with van der Waals surface area (Å²) in [5.74, 6) is -0.752. The average molecular weight is 649 g/mol. The molecule has 0 aromatic rings. The minimum atomic E-state index is -1.61. The van der Waals surface area contributed by atoms with Crippen molar-refractivity contribution < 1.29 is 50.0 Å². The van der Waals surface area contributed by atoms with Crippen LogP contribution in [0.2, 0.25) is 0 Å². The topological polar surface area (TPSA) is 177 Å². The van der Waals surface area contributed by atoms with Crippen molar-refractivity contribution in [1.82, 2.24) is 0 Å². The molecule has 5 aliphatic carbocycles. The van der Waals surface area contributed by atoms with E-state index in [-0.39, 0.29) is 34.7 Å². The second-order valence-corrected chi connectivity index (χ2v) is 17.5. The van der Waals surface area contributed by atoms with Crippen LogP contribution in [-0.4, -0.2) is 97.8 Å². The molecule has 260 valence electrons. The van der Waals surface area contributed by atoms with Crippen molar-refractivity contribution in [2.24, 2.45) is 44.3 Å². The standard InChI is InChI=1S/C36H56O10/c1-31(2)11-13-36(30(43)44)14-12-34(5)19(20(36)15-31)7-8-24-32(3)16-21(39)28(33(4,18-38)23(32)9-10-35(24,34)6)46-29-27(42)26(41)25(40)22(17-37)45-29/h7-8,21-29,37-42H,9-18H2,1-6H3,(H,43,44)/t21?,22-,23-,24-,25-,26+,27-,28?,29+,32+,33+,34-,35-,36+/m1/s1. The normalized spacial score (nSPS) is 53.1. The summed E-state index contributed by atoms with van der Waals surface area (Å²) in [4.78, 5) is 12.9. The maximum atomic E-state index is 12.9. The van der Waals surface area contributed by atoms with Crippen molar-refractivity contribution in [1.29, 1.82) is 0 Å². The molecule has 2 unspecified atom stereocenters. The van der Waals surface area contributed by atoms with E-state index in [2.05, 4.69) is 46.8 Å². The predicted molar refractivity (Wildman–Crippen MR) is 168 cm³/mol. The van der Waals surface area contributed by atoms with E-state index in [0.717, 1.165) is 37.7 Å². The monoisotopic (exact) mass is 648 g/mol. The highest BCUT2D eigenvalue weighted by Crippen LogP contribution is 2.74. The number of carbonyl (C=O) groups is 1. The second kappa shape index (κ2) is 11.1. The molecule has 10 nitrogen and oxygen atoms in total. The second-order valence-electron chi connectivity index (χ2n) is 17.5. The summed E-state index contributed by atoms with van der Waals surface area (Å²) < 4.78 is 11.9. The van der Waals surface area contributed by atoms with Gasteiger partial charge in [0.25, 0.3) is 0 Å². The van der Waals surface area contributed by atoms with Gasteiger partial charge in [-0.1, -0.05) is 53.7 Å². The molecule has 10 heteroatoms. The molecule has 0 amide bonds. The van der Waals surface area contributed by atoms with Gasteiger partial charge in [0.05, 0.1) is 30.8 Å². The number of allylic oxidation sites excluding steroid dienone is 3. The average Bonchev–Trinajstić information content (AvgIpc) is 2.98. The number of aliphatic hydroxyl groups is 6. The Morgan fingerprint density at radius 1 is 0.935 bits per heavy atom. The van der Waals surface area contributed by atoms with Crippen molar-refractivity contribution in [3.63, 3.8) is 0 Å². The van der Waals surface area contributed by atoms with E-state index in [9.17, 15) is 40.5 Å². The van der Waals surface area contributed by atoms with Crippen LogP contribution in [0.5, 0.6) is 0 Å². The van der Waals surface area contributed by atoms with Gasteiger partial charge in [0.15, 0.2) is 6.29 Å². The number of ether oxygens (including phenoxy) is 2. The van der Waals surface area contributed by atoms with Gasteiger partial charge in [-0.25, -0.2) is 0 Å². The quantitative estimate of drug-likeness (QED) is 0.219. The summed E-state index contributed by atoms with van der Waals surface area (Å²) in [5, 5.41) is 74.5. The molecule has 3 saturated carbocycles. The molecule has 14 atom stereocenters. The molecule has 6 rings (SSSR count). The highest BCUT2D eigenvalue weighted by molar-refractivity contribution is 5.80. The summed E-state index contributed by atoms with van der Waals surface area (Å²) in [6.45, 7) is 12.4. The molecule has 0 aromatic carbocycles. The van der Waals surface area contributed by atoms with Gasteiger partial charge < -0.3 is 45.2 Å². The molecule has 7 N–H and O–H groups in total. The molecule has 46 heavy (non-hydrogen) atoms. The molecule has 0 bridgehead atoms. The molecule has 6 aliphatic rings. The van der Waals surface area contributed by atoms with Crippen LogP contribution in [0.3, 0.4) is 0 Å². The van der Waals surface area contributed by atoms with Crippen molar-refractivity contribution in [2.75, 3.05) is 13.2 Å². The van der Waals surface area contributed by atoms with E-state index < -0.39 is 71.7 Å². The van der Waals surface area contributed by atoms with Gasteiger partial charge in [-0.3, -0.25) is 4.79 Å². The van der Waals surface area contributed by atoms with Crippen LogP contribution in [0.1, 0.15) is 92.9 Å². The lowest BCUT2D eigenvalue weighted by Crippen LogP contribution is -2.69. The molecule has 4 fully saturated rings. The third-order valence-corrected chi connectivity index (χ3v) is 14.6. The molecular weight excluding hydrogens is 592 g/mol. The summed E-state index contributed by atoms with van der Waals surface area (Å²) in [6.07, 6.45) is 0.872. The minimum absolute atomic E-state index is 0.0289. The lowest BCUT2D eigenvalue weighted by molar-refractivity contribution is -0.344. The van der Waals surface area contributed by atoms with Crippen molar-refractivity contribution in [3.05, 3.63) is 23.3 Å². The maximum Gasteiger partial charge on any atom is 0.313 e. The van der Waals surface area contributed by atoms with E-state index >= 15 is 0 Å². The molecule has 1 aliphatic heterocycles. The van der Waals surface area contributed by atoms with Gasteiger partial charge in [0.1, 0.15) is 24.4 Å². The predicted octanol–water partition coefficient (Wildman–Crippen LogP) is 2.92. The first kappa shape index (κ1) is 34.5. The highest BCUT2D eigenvalue weighted by Gasteiger charge is 2.69. The van der Waals surface area contributed by atoms with Crippen molar-refractivity contribution in [3.8, 4) is 0 Å². The number of fused-ring (bicyclic) bond motifs is 6. The molecule has 0 radical (unpaired) electrons. The Labute approximate surface area is 272 Å². The summed E-state index contributed by atoms with van der Waals surface area (Å²) in [6, 6.07) is 0. The van der Waals surface area contributed by atoms with Crippen molar-refractivity contribution >= 4 is 5.97 Å². The number of hydrogen-bond donors (Lipinski definition) is 7. The van der Waals surface area contributed by atoms with Gasteiger partial charge in [-0.2, -0.15) is 0 Å². The van der Waals surface area contributed by atoms with E-state index in [1.807, 2.05) is 6.92 Å². The number of aliphatic carboxylic acids is 1. The lowest BCUT2D eigenvalue weighted by atomic mass is 9.35. The smallest absolute Gasteiger partial charge is 0.313 e. The Kier molecular flexibility index (Phi) is 8.30. The molecule has 0 aromatic heterocycles. The first-order valence-corrected chi connectivity index (χ1v) is 17.3. The van der Waals surface area contributed by atoms with Gasteiger partial charge in [-0.15, -0.1) is 0 Å².